The predicted molar refractivity (Wildman–Crippen MR) is 45.7 cm³/mol. The van der Waals surface area contributed by atoms with E-state index >= 15 is 0 Å². The van der Waals surface area contributed by atoms with Gasteiger partial charge in [-0.2, -0.15) is 0 Å². The van der Waals surface area contributed by atoms with E-state index in [9.17, 15) is 0 Å². The standard InChI is InChI=1S/C8H17N3/c1-10-4-5-11-3-2-9-6-8(11)7-10/h8-9H,2-7H2,1H3. The predicted octanol–water partition coefficient (Wildman–Crippen LogP) is -0.794. The van der Waals surface area contributed by atoms with Gasteiger partial charge >= 0.3 is 0 Å². The van der Waals surface area contributed by atoms with Crippen LogP contribution in [0.5, 0.6) is 0 Å². The highest BCUT2D eigenvalue weighted by atomic mass is 15.3. The molecule has 2 fully saturated rings. The fourth-order valence-corrected chi connectivity index (χ4v) is 2.03. The molecular weight excluding hydrogens is 138 g/mol. The number of nitrogens with zero attached hydrogens (tertiary/aromatic N) is 2. The zero-order valence-corrected chi connectivity index (χ0v) is 7.21. The summed E-state index contributed by atoms with van der Waals surface area (Å²) in [4.78, 5) is 5.03. The summed E-state index contributed by atoms with van der Waals surface area (Å²) < 4.78 is 0. The number of piperazine rings is 2. The molecule has 64 valence electrons. The first-order valence-electron chi connectivity index (χ1n) is 4.49. The Morgan fingerprint density at radius 3 is 3.09 bits per heavy atom. The fourth-order valence-electron chi connectivity index (χ4n) is 2.03. The fraction of sp³-hybridized carbons (Fsp3) is 1.00. The van der Waals surface area contributed by atoms with Crippen molar-refractivity contribution in [2.45, 2.75) is 6.04 Å². The van der Waals surface area contributed by atoms with Crippen molar-refractivity contribution in [1.29, 1.82) is 0 Å². The Balaban J connectivity index is 1.93. The summed E-state index contributed by atoms with van der Waals surface area (Å²) in [5.41, 5.74) is 0. The summed E-state index contributed by atoms with van der Waals surface area (Å²) in [5, 5.41) is 3.44. The van der Waals surface area contributed by atoms with E-state index in [2.05, 4.69) is 22.2 Å². The average Bonchev–Trinajstić information content (AvgIpc) is 2.04. The largest absolute Gasteiger partial charge is 0.314 e. The third-order valence-electron chi connectivity index (χ3n) is 2.76. The van der Waals surface area contributed by atoms with Gasteiger partial charge in [-0.15, -0.1) is 0 Å². The smallest absolute Gasteiger partial charge is 0.0348 e. The van der Waals surface area contributed by atoms with Gasteiger partial charge in [-0.05, 0) is 7.05 Å². The van der Waals surface area contributed by atoms with E-state index in [4.69, 9.17) is 0 Å². The van der Waals surface area contributed by atoms with E-state index in [1.807, 2.05) is 0 Å². The van der Waals surface area contributed by atoms with E-state index in [0.29, 0.717) is 0 Å². The van der Waals surface area contributed by atoms with Gasteiger partial charge in [-0.1, -0.05) is 0 Å². The number of likely N-dealkylation sites (N-methyl/N-ethyl adjacent to an activating group) is 1. The summed E-state index contributed by atoms with van der Waals surface area (Å²) in [7, 11) is 2.21. The van der Waals surface area contributed by atoms with Crippen LogP contribution in [0.15, 0.2) is 0 Å². The quantitative estimate of drug-likeness (QED) is 0.494. The number of hydrogen-bond acceptors (Lipinski definition) is 3. The Hall–Kier alpha value is -0.120. The van der Waals surface area contributed by atoms with Crippen LogP contribution in [0.25, 0.3) is 0 Å². The first-order valence-corrected chi connectivity index (χ1v) is 4.49. The van der Waals surface area contributed by atoms with Gasteiger partial charge in [0.2, 0.25) is 0 Å². The first-order chi connectivity index (χ1) is 5.36. The van der Waals surface area contributed by atoms with Crippen LogP contribution in [0.2, 0.25) is 0 Å². The third kappa shape index (κ3) is 1.55. The van der Waals surface area contributed by atoms with Crippen LogP contribution < -0.4 is 5.32 Å². The van der Waals surface area contributed by atoms with Crippen LogP contribution in [-0.4, -0.2) is 62.2 Å². The van der Waals surface area contributed by atoms with E-state index in [-0.39, 0.29) is 0 Å². The minimum atomic E-state index is 0.780. The van der Waals surface area contributed by atoms with Crippen molar-refractivity contribution >= 4 is 0 Å². The number of fused-ring (bicyclic) bond motifs is 1. The van der Waals surface area contributed by atoms with Crippen LogP contribution in [0.3, 0.4) is 0 Å². The molecule has 2 aliphatic rings. The molecule has 2 rings (SSSR count). The van der Waals surface area contributed by atoms with Gasteiger partial charge < -0.3 is 10.2 Å². The molecule has 0 aromatic carbocycles. The SMILES string of the molecule is CN1CCN2CCNCC2C1. The summed E-state index contributed by atoms with van der Waals surface area (Å²) >= 11 is 0. The van der Waals surface area contributed by atoms with Crippen molar-refractivity contribution in [3.05, 3.63) is 0 Å². The summed E-state index contributed by atoms with van der Waals surface area (Å²) in [5.74, 6) is 0. The Morgan fingerprint density at radius 2 is 2.18 bits per heavy atom. The zero-order chi connectivity index (χ0) is 7.68. The maximum Gasteiger partial charge on any atom is 0.0348 e. The van der Waals surface area contributed by atoms with Gasteiger partial charge in [0, 0.05) is 45.3 Å². The molecule has 3 nitrogen and oxygen atoms in total. The lowest BCUT2D eigenvalue weighted by molar-refractivity contribution is 0.0716. The Bertz CT molecular complexity index is 137. The normalized spacial score (nSPS) is 35.2. The molecule has 1 atom stereocenters. The Kier molecular flexibility index (Phi) is 2.11. The molecule has 0 aromatic heterocycles. The molecule has 2 saturated heterocycles. The highest BCUT2D eigenvalue weighted by Gasteiger charge is 2.26. The minimum Gasteiger partial charge on any atom is -0.314 e. The van der Waals surface area contributed by atoms with Crippen LogP contribution in [0.4, 0.5) is 0 Å². The van der Waals surface area contributed by atoms with Crippen molar-refractivity contribution < 1.29 is 0 Å². The van der Waals surface area contributed by atoms with Gasteiger partial charge in [0.25, 0.3) is 0 Å². The molecule has 0 radical (unpaired) electrons. The van der Waals surface area contributed by atoms with Crippen molar-refractivity contribution in [2.75, 3.05) is 46.3 Å². The van der Waals surface area contributed by atoms with Gasteiger partial charge in [0.1, 0.15) is 0 Å². The highest BCUT2D eigenvalue weighted by Crippen LogP contribution is 2.09. The number of hydrogen-bond donors (Lipinski definition) is 1. The topological polar surface area (TPSA) is 18.5 Å². The summed E-state index contributed by atoms with van der Waals surface area (Å²) in [6.45, 7) is 7.37. The van der Waals surface area contributed by atoms with Gasteiger partial charge in [0.05, 0.1) is 0 Å². The molecule has 0 amide bonds. The van der Waals surface area contributed by atoms with Crippen molar-refractivity contribution in [3.63, 3.8) is 0 Å². The number of nitrogens with one attached hydrogen (secondary N) is 1. The second kappa shape index (κ2) is 3.09. The maximum absolute atomic E-state index is 3.44. The molecule has 2 heterocycles. The third-order valence-corrected chi connectivity index (χ3v) is 2.76. The molecule has 0 aromatic rings. The monoisotopic (exact) mass is 155 g/mol. The molecule has 0 spiro atoms. The van der Waals surface area contributed by atoms with E-state index in [0.717, 1.165) is 6.04 Å². The highest BCUT2D eigenvalue weighted by molar-refractivity contribution is 4.85. The van der Waals surface area contributed by atoms with Crippen molar-refractivity contribution in [3.8, 4) is 0 Å². The Morgan fingerprint density at radius 1 is 1.27 bits per heavy atom. The molecule has 2 aliphatic heterocycles. The lowest BCUT2D eigenvalue weighted by atomic mass is 10.1. The minimum absolute atomic E-state index is 0.780. The first kappa shape index (κ1) is 7.53. The van der Waals surface area contributed by atoms with Gasteiger partial charge in [0.15, 0.2) is 0 Å². The van der Waals surface area contributed by atoms with Crippen LogP contribution in [0.1, 0.15) is 0 Å². The average molecular weight is 155 g/mol. The van der Waals surface area contributed by atoms with E-state index in [1.165, 1.54) is 39.3 Å². The van der Waals surface area contributed by atoms with Gasteiger partial charge in [-0.3, -0.25) is 4.90 Å². The van der Waals surface area contributed by atoms with Crippen LogP contribution >= 0.6 is 0 Å². The van der Waals surface area contributed by atoms with Crippen molar-refractivity contribution in [2.24, 2.45) is 0 Å². The second-order valence-electron chi connectivity index (χ2n) is 3.66. The van der Waals surface area contributed by atoms with Crippen molar-refractivity contribution in [1.82, 2.24) is 15.1 Å². The number of rotatable bonds is 0. The second-order valence-corrected chi connectivity index (χ2v) is 3.66. The summed E-state index contributed by atoms with van der Waals surface area (Å²) in [6.07, 6.45) is 0. The van der Waals surface area contributed by atoms with E-state index < -0.39 is 0 Å². The molecule has 1 N–H and O–H groups in total. The maximum atomic E-state index is 3.44. The van der Waals surface area contributed by atoms with Crippen LogP contribution in [-0.2, 0) is 0 Å². The molecule has 0 aliphatic carbocycles. The lowest BCUT2D eigenvalue weighted by Crippen LogP contribution is -2.60. The molecular formula is C8H17N3. The Labute approximate surface area is 68.4 Å². The molecule has 11 heavy (non-hydrogen) atoms. The zero-order valence-electron chi connectivity index (χ0n) is 7.21. The molecule has 1 unspecified atom stereocenters. The lowest BCUT2D eigenvalue weighted by Gasteiger charge is -2.43. The van der Waals surface area contributed by atoms with Crippen LogP contribution in [0, 0.1) is 0 Å². The summed E-state index contributed by atoms with van der Waals surface area (Å²) in [6, 6.07) is 0.780. The van der Waals surface area contributed by atoms with Gasteiger partial charge in [-0.25, -0.2) is 0 Å². The molecule has 3 heteroatoms. The van der Waals surface area contributed by atoms with E-state index in [1.54, 1.807) is 0 Å². The molecule has 0 saturated carbocycles. The molecule has 0 bridgehead atoms.